The smallest absolute Gasteiger partial charge is 0.00438 e. The van der Waals surface area contributed by atoms with E-state index in [1.807, 2.05) is 0 Å². The lowest BCUT2D eigenvalue weighted by atomic mass is 9.81. The van der Waals surface area contributed by atoms with Gasteiger partial charge in [0, 0.05) is 0 Å². The molecule has 0 aliphatic heterocycles. The summed E-state index contributed by atoms with van der Waals surface area (Å²) in [7, 11) is 0. The summed E-state index contributed by atoms with van der Waals surface area (Å²) in [5.41, 5.74) is 1.81. The van der Waals surface area contributed by atoms with Gasteiger partial charge in [0.25, 0.3) is 0 Å². The Labute approximate surface area is 117 Å². The summed E-state index contributed by atoms with van der Waals surface area (Å²) in [5, 5.41) is 6.18. The third kappa shape index (κ3) is 3.81. The SMILES string of the molecule is CCNCCC(C)(C)Cc1cccc2ccccc12. The molecule has 2 aromatic carbocycles. The van der Waals surface area contributed by atoms with E-state index in [2.05, 4.69) is 68.6 Å². The molecule has 2 rings (SSSR count). The van der Waals surface area contributed by atoms with Crippen molar-refractivity contribution < 1.29 is 0 Å². The monoisotopic (exact) mass is 255 g/mol. The van der Waals surface area contributed by atoms with E-state index in [0.717, 1.165) is 19.5 Å². The van der Waals surface area contributed by atoms with E-state index in [0.29, 0.717) is 5.41 Å². The lowest BCUT2D eigenvalue weighted by Crippen LogP contribution is -2.24. The van der Waals surface area contributed by atoms with Gasteiger partial charge in [-0.1, -0.05) is 63.2 Å². The molecule has 0 unspecified atom stereocenters. The van der Waals surface area contributed by atoms with Crippen LogP contribution in [0.4, 0.5) is 0 Å². The molecule has 1 heteroatoms. The Morgan fingerprint density at radius 1 is 1.00 bits per heavy atom. The van der Waals surface area contributed by atoms with Crippen LogP contribution in [0.1, 0.15) is 32.8 Å². The van der Waals surface area contributed by atoms with Gasteiger partial charge in [0.15, 0.2) is 0 Å². The predicted molar refractivity (Wildman–Crippen MR) is 84.6 cm³/mol. The molecule has 0 aromatic heterocycles. The van der Waals surface area contributed by atoms with Crippen molar-refractivity contribution in [2.75, 3.05) is 13.1 Å². The van der Waals surface area contributed by atoms with E-state index in [-0.39, 0.29) is 0 Å². The zero-order valence-corrected chi connectivity index (χ0v) is 12.4. The second-order valence-electron chi connectivity index (χ2n) is 6.08. The van der Waals surface area contributed by atoms with Crippen LogP contribution in [0.15, 0.2) is 42.5 Å². The molecule has 0 fully saturated rings. The minimum absolute atomic E-state index is 0.340. The van der Waals surface area contributed by atoms with Crippen LogP contribution in [-0.4, -0.2) is 13.1 Å². The van der Waals surface area contributed by atoms with Crippen molar-refractivity contribution >= 4 is 10.8 Å². The van der Waals surface area contributed by atoms with Gasteiger partial charge in [-0.2, -0.15) is 0 Å². The van der Waals surface area contributed by atoms with Crippen LogP contribution in [-0.2, 0) is 6.42 Å². The zero-order chi connectivity index (χ0) is 13.7. The molecule has 0 aliphatic carbocycles. The highest BCUT2D eigenvalue weighted by Gasteiger charge is 2.18. The summed E-state index contributed by atoms with van der Waals surface area (Å²) < 4.78 is 0. The predicted octanol–water partition coefficient (Wildman–Crippen LogP) is 4.41. The summed E-state index contributed by atoms with van der Waals surface area (Å²) in [4.78, 5) is 0. The summed E-state index contributed by atoms with van der Waals surface area (Å²) >= 11 is 0. The van der Waals surface area contributed by atoms with Gasteiger partial charge in [-0.15, -0.1) is 0 Å². The topological polar surface area (TPSA) is 12.0 Å². The molecule has 1 N–H and O–H groups in total. The lowest BCUT2D eigenvalue weighted by Gasteiger charge is -2.25. The molecule has 1 nitrogen and oxygen atoms in total. The second-order valence-corrected chi connectivity index (χ2v) is 6.08. The first-order chi connectivity index (χ1) is 9.12. The van der Waals surface area contributed by atoms with Gasteiger partial charge in [-0.05, 0) is 47.7 Å². The Morgan fingerprint density at radius 3 is 2.53 bits per heavy atom. The third-order valence-electron chi connectivity index (χ3n) is 3.78. The van der Waals surface area contributed by atoms with E-state index in [1.54, 1.807) is 0 Å². The molecule has 0 heterocycles. The summed E-state index contributed by atoms with van der Waals surface area (Å²) in [6.07, 6.45) is 2.35. The van der Waals surface area contributed by atoms with Crippen LogP contribution in [0.5, 0.6) is 0 Å². The van der Waals surface area contributed by atoms with Gasteiger partial charge in [0.1, 0.15) is 0 Å². The highest BCUT2D eigenvalue weighted by Crippen LogP contribution is 2.29. The first kappa shape index (κ1) is 14.1. The Bertz CT molecular complexity index is 523. The van der Waals surface area contributed by atoms with Crippen molar-refractivity contribution in [1.29, 1.82) is 0 Å². The minimum atomic E-state index is 0.340. The zero-order valence-electron chi connectivity index (χ0n) is 12.4. The van der Waals surface area contributed by atoms with Gasteiger partial charge in [0.05, 0.1) is 0 Å². The molecule has 102 valence electrons. The van der Waals surface area contributed by atoms with Crippen LogP contribution in [0.3, 0.4) is 0 Å². The number of nitrogens with one attached hydrogen (secondary N) is 1. The van der Waals surface area contributed by atoms with Crippen molar-refractivity contribution in [3.05, 3.63) is 48.0 Å². The van der Waals surface area contributed by atoms with Crippen LogP contribution in [0, 0.1) is 5.41 Å². The van der Waals surface area contributed by atoms with Crippen molar-refractivity contribution in [1.82, 2.24) is 5.32 Å². The molecule has 0 aliphatic rings. The van der Waals surface area contributed by atoms with E-state index >= 15 is 0 Å². The van der Waals surface area contributed by atoms with E-state index < -0.39 is 0 Å². The molecule has 0 saturated carbocycles. The standard InChI is InChI=1S/C18H25N/c1-4-19-13-12-18(2,3)14-16-10-7-9-15-8-5-6-11-17(15)16/h5-11,19H,4,12-14H2,1-3H3. The Morgan fingerprint density at radius 2 is 1.74 bits per heavy atom. The quantitative estimate of drug-likeness (QED) is 0.754. The largest absolute Gasteiger partial charge is 0.317 e. The summed E-state index contributed by atoms with van der Waals surface area (Å²) in [6.45, 7) is 9.06. The average Bonchev–Trinajstić information content (AvgIpc) is 2.39. The van der Waals surface area contributed by atoms with Gasteiger partial charge < -0.3 is 5.32 Å². The molecule has 0 atom stereocenters. The fourth-order valence-electron chi connectivity index (χ4n) is 2.65. The number of benzene rings is 2. The average molecular weight is 255 g/mol. The first-order valence-corrected chi connectivity index (χ1v) is 7.30. The fourth-order valence-corrected chi connectivity index (χ4v) is 2.65. The highest BCUT2D eigenvalue weighted by atomic mass is 14.8. The van der Waals surface area contributed by atoms with Gasteiger partial charge in [-0.3, -0.25) is 0 Å². The maximum Gasteiger partial charge on any atom is -0.00438 e. The fraction of sp³-hybridized carbons (Fsp3) is 0.444. The van der Waals surface area contributed by atoms with Crippen molar-refractivity contribution in [3.63, 3.8) is 0 Å². The van der Waals surface area contributed by atoms with E-state index in [4.69, 9.17) is 0 Å². The normalized spacial score (nSPS) is 11.9. The molecular weight excluding hydrogens is 230 g/mol. The van der Waals surface area contributed by atoms with Crippen LogP contribution >= 0.6 is 0 Å². The van der Waals surface area contributed by atoms with E-state index in [9.17, 15) is 0 Å². The highest BCUT2D eigenvalue weighted by molar-refractivity contribution is 5.85. The Hall–Kier alpha value is -1.34. The van der Waals surface area contributed by atoms with Crippen molar-refractivity contribution in [2.45, 2.75) is 33.6 Å². The lowest BCUT2D eigenvalue weighted by molar-refractivity contribution is 0.328. The van der Waals surface area contributed by atoms with Gasteiger partial charge >= 0.3 is 0 Å². The third-order valence-corrected chi connectivity index (χ3v) is 3.78. The first-order valence-electron chi connectivity index (χ1n) is 7.30. The molecule has 0 saturated heterocycles. The molecular formula is C18H25N. The number of fused-ring (bicyclic) bond motifs is 1. The molecule has 0 amide bonds. The Balaban J connectivity index is 2.16. The maximum atomic E-state index is 3.43. The van der Waals surface area contributed by atoms with Crippen LogP contribution in [0.25, 0.3) is 10.8 Å². The van der Waals surface area contributed by atoms with Crippen LogP contribution < -0.4 is 5.32 Å². The Kier molecular flexibility index (Phi) is 4.60. The molecule has 0 bridgehead atoms. The number of hydrogen-bond donors (Lipinski definition) is 1. The van der Waals surface area contributed by atoms with Gasteiger partial charge in [0.2, 0.25) is 0 Å². The molecule has 19 heavy (non-hydrogen) atoms. The van der Waals surface area contributed by atoms with E-state index in [1.165, 1.54) is 22.8 Å². The maximum absolute atomic E-state index is 3.43. The molecule has 0 radical (unpaired) electrons. The number of rotatable bonds is 6. The van der Waals surface area contributed by atoms with Crippen molar-refractivity contribution in [3.8, 4) is 0 Å². The molecule has 2 aromatic rings. The van der Waals surface area contributed by atoms with Gasteiger partial charge in [-0.25, -0.2) is 0 Å². The molecule has 0 spiro atoms. The van der Waals surface area contributed by atoms with Crippen LogP contribution in [0.2, 0.25) is 0 Å². The summed E-state index contributed by atoms with van der Waals surface area (Å²) in [5.74, 6) is 0. The minimum Gasteiger partial charge on any atom is -0.317 e. The number of hydrogen-bond acceptors (Lipinski definition) is 1. The van der Waals surface area contributed by atoms with Crippen molar-refractivity contribution in [2.24, 2.45) is 5.41 Å². The summed E-state index contributed by atoms with van der Waals surface area (Å²) in [6, 6.07) is 15.3. The second kappa shape index (κ2) is 6.21.